The third kappa shape index (κ3) is 2.76. The van der Waals surface area contributed by atoms with Crippen LogP contribution in [-0.2, 0) is 4.79 Å². The first-order valence-electron chi connectivity index (χ1n) is 8.01. The van der Waals surface area contributed by atoms with Gasteiger partial charge in [-0.25, -0.2) is 0 Å². The molecule has 1 aromatic rings. The summed E-state index contributed by atoms with van der Waals surface area (Å²) in [6.07, 6.45) is 3.54. The number of hydrogen-bond donors (Lipinski definition) is 1. The van der Waals surface area contributed by atoms with Gasteiger partial charge in [0.1, 0.15) is 6.17 Å². The van der Waals surface area contributed by atoms with E-state index in [0.717, 1.165) is 12.8 Å². The van der Waals surface area contributed by atoms with Gasteiger partial charge in [0.2, 0.25) is 5.91 Å². The Hall–Kier alpha value is -0.870. The molecular formula is C17H26N2OS. The van der Waals surface area contributed by atoms with E-state index in [1.54, 1.807) is 11.3 Å². The fourth-order valence-corrected chi connectivity index (χ4v) is 4.56. The number of carbonyl (C=O) groups excluding carboxylic acids is 1. The summed E-state index contributed by atoms with van der Waals surface area (Å²) >= 11 is 1.74. The van der Waals surface area contributed by atoms with Crippen molar-refractivity contribution in [3.63, 3.8) is 0 Å². The van der Waals surface area contributed by atoms with Crippen molar-refractivity contribution in [3.8, 4) is 0 Å². The Labute approximate surface area is 131 Å². The summed E-state index contributed by atoms with van der Waals surface area (Å²) < 4.78 is 0. The normalized spacial score (nSPS) is 32.3. The monoisotopic (exact) mass is 306 g/mol. The average Bonchev–Trinajstić information content (AvgIpc) is 3.07. The average molecular weight is 306 g/mol. The van der Waals surface area contributed by atoms with Crippen LogP contribution in [0.3, 0.4) is 0 Å². The van der Waals surface area contributed by atoms with E-state index in [1.807, 2.05) is 0 Å². The van der Waals surface area contributed by atoms with Crippen LogP contribution in [0.25, 0.3) is 0 Å². The molecule has 3 unspecified atom stereocenters. The number of thiophene rings is 1. The smallest absolute Gasteiger partial charge is 0.241 e. The molecule has 3 atom stereocenters. The van der Waals surface area contributed by atoms with Crippen molar-refractivity contribution in [3.05, 3.63) is 22.4 Å². The van der Waals surface area contributed by atoms with Gasteiger partial charge >= 0.3 is 0 Å². The van der Waals surface area contributed by atoms with Crippen molar-refractivity contribution in [2.24, 2.45) is 11.3 Å². The predicted molar refractivity (Wildman–Crippen MR) is 87.1 cm³/mol. The Bertz CT molecular complexity index is 509. The molecule has 21 heavy (non-hydrogen) atoms. The van der Waals surface area contributed by atoms with Crippen LogP contribution in [0.5, 0.6) is 0 Å². The molecule has 1 saturated heterocycles. The predicted octanol–water partition coefficient (Wildman–Crippen LogP) is 3.78. The number of nitrogens with one attached hydrogen (secondary N) is 1. The molecule has 0 aromatic carbocycles. The largest absolute Gasteiger partial charge is 0.318 e. The highest BCUT2D eigenvalue weighted by molar-refractivity contribution is 7.10. The molecule has 1 aliphatic heterocycles. The summed E-state index contributed by atoms with van der Waals surface area (Å²) in [5.74, 6) is 0.630. The minimum atomic E-state index is -0.0409. The molecule has 1 saturated carbocycles. The van der Waals surface area contributed by atoms with E-state index in [9.17, 15) is 4.79 Å². The topological polar surface area (TPSA) is 32.3 Å². The number of hydrogen-bond acceptors (Lipinski definition) is 3. The van der Waals surface area contributed by atoms with Crippen LogP contribution < -0.4 is 5.32 Å². The van der Waals surface area contributed by atoms with E-state index in [2.05, 4.69) is 55.4 Å². The second kappa shape index (κ2) is 5.40. The minimum Gasteiger partial charge on any atom is -0.318 e. The Morgan fingerprint density at radius 2 is 2.19 bits per heavy atom. The zero-order valence-electron chi connectivity index (χ0n) is 13.4. The first-order valence-corrected chi connectivity index (χ1v) is 8.89. The summed E-state index contributed by atoms with van der Waals surface area (Å²) in [4.78, 5) is 16.3. The highest BCUT2D eigenvalue weighted by Gasteiger charge is 2.47. The molecular weight excluding hydrogens is 280 g/mol. The Balaban J connectivity index is 1.89. The zero-order chi connectivity index (χ0) is 15.2. The second-order valence-corrected chi connectivity index (χ2v) is 8.59. The number of rotatable bonds is 3. The maximum atomic E-state index is 12.9. The number of amides is 1. The molecule has 2 aliphatic rings. The third-order valence-corrected chi connectivity index (χ3v) is 5.88. The van der Waals surface area contributed by atoms with Gasteiger partial charge in [-0.1, -0.05) is 33.8 Å². The Kier molecular flexibility index (Phi) is 3.87. The summed E-state index contributed by atoms with van der Waals surface area (Å²) in [5.41, 5.74) is 0.362. The van der Waals surface area contributed by atoms with E-state index >= 15 is 0 Å². The molecule has 1 amide bonds. The van der Waals surface area contributed by atoms with Crippen LogP contribution in [0.1, 0.15) is 58.0 Å². The van der Waals surface area contributed by atoms with E-state index in [0.29, 0.717) is 23.3 Å². The molecule has 3 nitrogen and oxygen atoms in total. The minimum absolute atomic E-state index is 0.0409. The van der Waals surface area contributed by atoms with Gasteiger partial charge in [-0.15, -0.1) is 11.3 Å². The van der Waals surface area contributed by atoms with Crippen LogP contribution >= 0.6 is 11.3 Å². The molecule has 2 heterocycles. The van der Waals surface area contributed by atoms with Gasteiger partial charge in [0.15, 0.2) is 0 Å². The maximum absolute atomic E-state index is 12.9. The first-order chi connectivity index (χ1) is 9.89. The van der Waals surface area contributed by atoms with Gasteiger partial charge in [-0.3, -0.25) is 10.1 Å². The molecule has 3 rings (SSSR count). The van der Waals surface area contributed by atoms with Crippen LogP contribution in [-0.4, -0.2) is 22.9 Å². The molecule has 4 heteroatoms. The number of nitrogens with zero attached hydrogens (tertiary/aromatic N) is 1. The van der Waals surface area contributed by atoms with Crippen LogP contribution in [0.2, 0.25) is 0 Å². The van der Waals surface area contributed by atoms with Crippen molar-refractivity contribution in [2.75, 3.05) is 0 Å². The van der Waals surface area contributed by atoms with Crippen molar-refractivity contribution in [1.29, 1.82) is 0 Å². The summed E-state index contributed by atoms with van der Waals surface area (Å²) in [6, 6.07) is 4.56. The van der Waals surface area contributed by atoms with Crippen LogP contribution in [0.15, 0.2) is 17.5 Å². The van der Waals surface area contributed by atoms with E-state index < -0.39 is 0 Å². The highest BCUT2D eigenvalue weighted by atomic mass is 32.1. The SMILES string of the molecule is CC(C)C1NC(c2cccs2)N(C2CCC(C)(C)C2)C1=O. The Morgan fingerprint density at radius 3 is 2.71 bits per heavy atom. The van der Waals surface area contributed by atoms with Gasteiger partial charge in [0.05, 0.1) is 6.04 Å². The lowest BCUT2D eigenvalue weighted by Crippen LogP contribution is -2.39. The van der Waals surface area contributed by atoms with Gasteiger partial charge < -0.3 is 4.90 Å². The standard InChI is InChI=1S/C17H26N2OS/c1-11(2)14-16(20)19(12-7-8-17(3,4)10-12)15(18-14)13-6-5-9-21-13/h5-6,9,11-12,14-15,18H,7-8,10H2,1-4H3. The van der Waals surface area contributed by atoms with Crippen molar-refractivity contribution >= 4 is 17.2 Å². The van der Waals surface area contributed by atoms with Gasteiger partial charge in [0, 0.05) is 10.9 Å². The third-order valence-electron chi connectivity index (χ3n) is 4.95. The maximum Gasteiger partial charge on any atom is 0.241 e. The molecule has 0 radical (unpaired) electrons. The van der Waals surface area contributed by atoms with Crippen molar-refractivity contribution < 1.29 is 4.79 Å². The fourth-order valence-electron chi connectivity index (χ4n) is 3.78. The molecule has 116 valence electrons. The molecule has 0 bridgehead atoms. The second-order valence-electron chi connectivity index (χ2n) is 7.61. The molecule has 1 N–H and O–H groups in total. The Morgan fingerprint density at radius 1 is 1.43 bits per heavy atom. The summed E-state index contributed by atoms with van der Waals surface area (Å²) in [6.45, 7) is 8.90. The zero-order valence-corrected chi connectivity index (χ0v) is 14.2. The fraction of sp³-hybridized carbons (Fsp3) is 0.706. The first kappa shape index (κ1) is 15.0. The quantitative estimate of drug-likeness (QED) is 0.921. The molecule has 1 aliphatic carbocycles. The summed E-state index contributed by atoms with van der Waals surface area (Å²) in [5, 5.41) is 5.68. The number of carbonyl (C=O) groups is 1. The van der Waals surface area contributed by atoms with Crippen LogP contribution in [0, 0.1) is 11.3 Å². The van der Waals surface area contributed by atoms with E-state index in [1.165, 1.54) is 11.3 Å². The molecule has 2 fully saturated rings. The lowest BCUT2D eigenvalue weighted by molar-refractivity contribution is -0.133. The lowest BCUT2D eigenvalue weighted by Gasteiger charge is -2.30. The van der Waals surface area contributed by atoms with E-state index in [4.69, 9.17) is 0 Å². The van der Waals surface area contributed by atoms with Gasteiger partial charge in [-0.2, -0.15) is 0 Å². The van der Waals surface area contributed by atoms with E-state index in [-0.39, 0.29) is 12.2 Å². The lowest BCUT2D eigenvalue weighted by atomic mass is 9.91. The van der Waals surface area contributed by atoms with Crippen molar-refractivity contribution in [2.45, 2.75) is 65.2 Å². The highest BCUT2D eigenvalue weighted by Crippen LogP contribution is 2.43. The van der Waals surface area contributed by atoms with Crippen molar-refractivity contribution in [1.82, 2.24) is 10.2 Å². The molecule has 0 spiro atoms. The van der Waals surface area contributed by atoms with Crippen LogP contribution in [0.4, 0.5) is 0 Å². The van der Waals surface area contributed by atoms with Gasteiger partial charge in [-0.05, 0) is 42.0 Å². The van der Waals surface area contributed by atoms with Gasteiger partial charge in [0.25, 0.3) is 0 Å². The summed E-state index contributed by atoms with van der Waals surface area (Å²) in [7, 11) is 0. The molecule has 1 aromatic heterocycles.